The first-order valence-corrected chi connectivity index (χ1v) is 12.9. The molecule has 1 unspecified atom stereocenters. The number of hydrogen-bond donors (Lipinski definition) is 1. The standard InChI is InChI=1S/C24H22F6N2O6S/c1-13(33)32-12-14-10-17(39(3,36)37)8-9-18(14)20(32)21(35)31-16-6-4-15(5-7-16)22(23(25,26)27,24(28,29)30)11-19(34)38-2/h4-10,20H,11-12H2,1-3H3,(H,31,35). The third kappa shape index (κ3) is 5.58. The number of methoxy groups -OCH3 is 1. The van der Waals surface area contributed by atoms with Crippen LogP contribution in [0.2, 0.25) is 0 Å². The van der Waals surface area contributed by atoms with Crippen LogP contribution in [0.15, 0.2) is 47.4 Å². The van der Waals surface area contributed by atoms with Crippen LogP contribution in [0.5, 0.6) is 0 Å². The number of sulfone groups is 1. The summed E-state index contributed by atoms with van der Waals surface area (Å²) in [7, 11) is -2.93. The number of carbonyl (C=O) groups is 3. The highest BCUT2D eigenvalue weighted by molar-refractivity contribution is 7.90. The number of nitrogens with one attached hydrogen (secondary N) is 1. The third-order valence-corrected chi connectivity index (χ3v) is 7.50. The van der Waals surface area contributed by atoms with Crippen LogP contribution in [0, 0.1) is 0 Å². The van der Waals surface area contributed by atoms with Crippen LogP contribution in [0.1, 0.15) is 36.1 Å². The zero-order chi connectivity index (χ0) is 29.6. The molecule has 0 fully saturated rings. The lowest BCUT2D eigenvalue weighted by Gasteiger charge is -2.37. The molecule has 1 aliphatic rings. The quantitative estimate of drug-likeness (QED) is 0.408. The first-order valence-electron chi connectivity index (χ1n) is 11.0. The third-order valence-electron chi connectivity index (χ3n) is 6.39. The number of carbonyl (C=O) groups excluding carboxylic acids is 3. The van der Waals surface area contributed by atoms with Gasteiger partial charge in [0.25, 0.3) is 5.91 Å². The molecule has 39 heavy (non-hydrogen) atoms. The zero-order valence-electron chi connectivity index (χ0n) is 20.6. The number of halogens is 6. The lowest BCUT2D eigenvalue weighted by Crippen LogP contribution is -2.55. The maximum Gasteiger partial charge on any atom is 0.407 e. The minimum absolute atomic E-state index is 0.0360. The van der Waals surface area contributed by atoms with E-state index in [4.69, 9.17) is 0 Å². The summed E-state index contributed by atoms with van der Waals surface area (Å²) in [5.74, 6) is -3.10. The summed E-state index contributed by atoms with van der Waals surface area (Å²) in [6.07, 6.45) is -12.9. The van der Waals surface area contributed by atoms with Gasteiger partial charge in [-0.05, 0) is 41.0 Å². The van der Waals surface area contributed by atoms with Crippen LogP contribution in [0.3, 0.4) is 0 Å². The summed E-state index contributed by atoms with van der Waals surface area (Å²) in [5.41, 5.74) is -5.37. The number of nitrogens with zero attached hydrogens (tertiary/aromatic N) is 1. The number of ether oxygens (including phenoxy) is 1. The first-order chi connectivity index (χ1) is 17.8. The maximum atomic E-state index is 13.9. The Bertz CT molecular complexity index is 1390. The summed E-state index contributed by atoms with van der Waals surface area (Å²) in [6.45, 7) is 1.08. The second kappa shape index (κ2) is 10.2. The highest BCUT2D eigenvalue weighted by Gasteiger charge is 2.72. The van der Waals surface area contributed by atoms with Crippen molar-refractivity contribution in [1.82, 2.24) is 4.90 Å². The van der Waals surface area contributed by atoms with Crippen molar-refractivity contribution < 1.29 is 53.9 Å². The van der Waals surface area contributed by atoms with E-state index in [-0.39, 0.29) is 17.1 Å². The van der Waals surface area contributed by atoms with Gasteiger partial charge < -0.3 is 15.0 Å². The van der Waals surface area contributed by atoms with E-state index >= 15 is 0 Å². The molecular formula is C24H22F6N2O6S. The number of rotatable bonds is 6. The van der Waals surface area contributed by atoms with Gasteiger partial charge in [0.1, 0.15) is 6.04 Å². The van der Waals surface area contributed by atoms with Gasteiger partial charge in [0.15, 0.2) is 15.3 Å². The SMILES string of the molecule is COC(=O)CC(c1ccc(NC(=O)C2c3ccc(S(C)(=O)=O)cc3CN2C(C)=O)cc1)(C(F)(F)F)C(F)(F)F. The number of fused-ring (bicyclic) bond motifs is 1. The highest BCUT2D eigenvalue weighted by atomic mass is 32.2. The van der Waals surface area contributed by atoms with Gasteiger partial charge in [0, 0.05) is 25.4 Å². The smallest absolute Gasteiger partial charge is 0.407 e. The monoisotopic (exact) mass is 580 g/mol. The molecular weight excluding hydrogens is 558 g/mol. The molecule has 2 amide bonds. The topological polar surface area (TPSA) is 110 Å². The van der Waals surface area contributed by atoms with E-state index in [0.29, 0.717) is 30.4 Å². The molecule has 1 N–H and O–H groups in total. The molecule has 0 radical (unpaired) electrons. The number of anilines is 1. The van der Waals surface area contributed by atoms with Crippen LogP contribution in [-0.4, -0.2) is 56.8 Å². The van der Waals surface area contributed by atoms with E-state index in [1.807, 2.05) is 0 Å². The molecule has 0 spiro atoms. The molecule has 1 aliphatic heterocycles. The fourth-order valence-electron chi connectivity index (χ4n) is 4.36. The van der Waals surface area contributed by atoms with Crippen LogP contribution in [0.4, 0.5) is 32.0 Å². The summed E-state index contributed by atoms with van der Waals surface area (Å²) in [5, 5.41) is 2.36. The fourth-order valence-corrected chi connectivity index (χ4v) is 5.03. The second-order valence-corrected chi connectivity index (χ2v) is 10.9. The number of benzene rings is 2. The normalized spacial score (nSPS) is 16.0. The van der Waals surface area contributed by atoms with Gasteiger partial charge >= 0.3 is 18.3 Å². The Morgan fingerprint density at radius 3 is 2.03 bits per heavy atom. The molecule has 1 heterocycles. The van der Waals surface area contributed by atoms with Crippen LogP contribution in [0.25, 0.3) is 0 Å². The molecule has 0 aliphatic carbocycles. The van der Waals surface area contributed by atoms with Crippen LogP contribution in [-0.2, 0) is 40.9 Å². The predicted molar refractivity (Wildman–Crippen MR) is 124 cm³/mol. The van der Waals surface area contributed by atoms with Crippen LogP contribution >= 0.6 is 0 Å². The molecule has 0 aromatic heterocycles. The van der Waals surface area contributed by atoms with Gasteiger partial charge in [0.05, 0.1) is 18.4 Å². The maximum absolute atomic E-state index is 13.9. The number of hydrogen-bond acceptors (Lipinski definition) is 6. The molecule has 15 heteroatoms. The van der Waals surface area contributed by atoms with Crippen LogP contribution < -0.4 is 5.32 Å². The molecule has 212 valence electrons. The Kier molecular flexibility index (Phi) is 7.80. The number of esters is 1. The second-order valence-electron chi connectivity index (χ2n) is 8.90. The number of alkyl halides is 6. The molecule has 8 nitrogen and oxygen atoms in total. The zero-order valence-corrected chi connectivity index (χ0v) is 21.4. The lowest BCUT2D eigenvalue weighted by atomic mass is 9.76. The summed E-state index contributed by atoms with van der Waals surface area (Å²) < 4.78 is 111. The van der Waals surface area contributed by atoms with Crippen molar-refractivity contribution in [3.63, 3.8) is 0 Å². The average Bonchev–Trinajstić information content (AvgIpc) is 3.20. The Morgan fingerprint density at radius 2 is 1.56 bits per heavy atom. The predicted octanol–water partition coefficient (Wildman–Crippen LogP) is 4.06. The average molecular weight is 581 g/mol. The van der Waals surface area contributed by atoms with Gasteiger partial charge in [-0.25, -0.2) is 8.42 Å². The largest absolute Gasteiger partial charge is 0.469 e. The Labute approximate surface area is 218 Å². The minimum atomic E-state index is -5.93. The first kappa shape index (κ1) is 29.9. The van der Waals surface area contributed by atoms with E-state index in [9.17, 15) is 49.1 Å². The Hall–Kier alpha value is -3.62. The van der Waals surface area contributed by atoms with E-state index in [0.717, 1.165) is 23.3 Å². The molecule has 0 bridgehead atoms. The van der Waals surface area contributed by atoms with Crippen molar-refractivity contribution in [2.24, 2.45) is 0 Å². The van der Waals surface area contributed by atoms with Gasteiger partial charge in [-0.1, -0.05) is 18.2 Å². The molecule has 2 aromatic rings. The molecule has 3 rings (SSSR count). The lowest BCUT2D eigenvalue weighted by molar-refractivity contribution is -0.304. The summed E-state index contributed by atoms with van der Waals surface area (Å²) in [6, 6.07) is 5.27. The Morgan fingerprint density at radius 1 is 1.00 bits per heavy atom. The van der Waals surface area contributed by atoms with Crippen molar-refractivity contribution in [1.29, 1.82) is 0 Å². The highest BCUT2D eigenvalue weighted by Crippen LogP contribution is 2.54. The minimum Gasteiger partial charge on any atom is -0.469 e. The molecule has 0 saturated heterocycles. The van der Waals surface area contributed by atoms with Crippen molar-refractivity contribution >= 4 is 33.3 Å². The van der Waals surface area contributed by atoms with Crippen molar-refractivity contribution in [3.8, 4) is 0 Å². The number of amides is 2. The summed E-state index contributed by atoms with van der Waals surface area (Å²) >= 11 is 0. The van der Waals surface area contributed by atoms with Crippen molar-refractivity contribution in [2.75, 3.05) is 18.7 Å². The Balaban J connectivity index is 1.97. The fraction of sp³-hybridized carbons (Fsp3) is 0.375. The van der Waals surface area contributed by atoms with E-state index in [1.165, 1.54) is 25.1 Å². The summed E-state index contributed by atoms with van der Waals surface area (Å²) in [4.78, 5) is 38.0. The van der Waals surface area contributed by atoms with Gasteiger partial charge in [-0.2, -0.15) is 26.3 Å². The van der Waals surface area contributed by atoms with E-state index in [2.05, 4.69) is 10.1 Å². The van der Waals surface area contributed by atoms with Gasteiger partial charge in [-0.15, -0.1) is 0 Å². The molecule has 0 saturated carbocycles. The van der Waals surface area contributed by atoms with E-state index < -0.39 is 63.4 Å². The van der Waals surface area contributed by atoms with Crippen molar-refractivity contribution in [3.05, 3.63) is 59.2 Å². The van der Waals surface area contributed by atoms with Gasteiger partial charge in [-0.3, -0.25) is 14.4 Å². The molecule has 2 aromatic carbocycles. The van der Waals surface area contributed by atoms with E-state index in [1.54, 1.807) is 0 Å². The van der Waals surface area contributed by atoms with Crippen molar-refractivity contribution in [2.45, 2.75) is 48.6 Å². The molecule has 1 atom stereocenters. The van der Waals surface area contributed by atoms with Gasteiger partial charge in [0.2, 0.25) is 5.91 Å².